The summed E-state index contributed by atoms with van der Waals surface area (Å²) in [5.41, 5.74) is 1.35. The summed E-state index contributed by atoms with van der Waals surface area (Å²) in [7, 11) is 2.17. The molecule has 0 bridgehead atoms. The highest BCUT2D eigenvalue weighted by molar-refractivity contribution is 5.75. The molecule has 0 amide bonds. The second-order valence-electron chi connectivity index (χ2n) is 8.75. The third-order valence-corrected chi connectivity index (χ3v) is 6.79. The Balaban J connectivity index is 1.49. The average Bonchev–Trinajstić information content (AvgIpc) is 3.15. The summed E-state index contributed by atoms with van der Waals surface area (Å²) in [5.74, 6) is 0.308. The van der Waals surface area contributed by atoms with Gasteiger partial charge >= 0.3 is 5.97 Å². The van der Waals surface area contributed by atoms with Crippen LogP contribution in [0.1, 0.15) is 39.5 Å². The van der Waals surface area contributed by atoms with Gasteiger partial charge in [-0.3, -0.25) is 9.69 Å². The van der Waals surface area contributed by atoms with Crippen LogP contribution in [-0.2, 0) is 14.3 Å². The van der Waals surface area contributed by atoms with Crippen LogP contribution in [0.25, 0.3) is 0 Å². The van der Waals surface area contributed by atoms with Gasteiger partial charge in [0, 0.05) is 38.6 Å². The molecule has 0 radical (unpaired) electrons. The number of ether oxygens (including phenoxy) is 2. The largest absolute Gasteiger partial charge is 0.459 e. The SMILES string of the molecule is CC1=CCCC2(C)OC2C2OC(=O)C(CN3CCN(C)CC3)C2CC1. The predicted octanol–water partition coefficient (Wildman–Crippen LogP) is 2.07. The van der Waals surface area contributed by atoms with Crippen molar-refractivity contribution in [1.29, 1.82) is 0 Å². The lowest BCUT2D eigenvalue weighted by Gasteiger charge is -2.34. The summed E-state index contributed by atoms with van der Waals surface area (Å²) in [6.07, 6.45) is 6.62. The minimum atomic E-state index is -0.0972. The third-order valence-electron chi connectivity index (χ3n) is 6.79. The molecule has 0 aromatic carbocycles. The normalized spacial score (nSPS) is 43.0. The number of carbonyl (C=O) groups excluding carboxylic acids is 1. The lowest BCUT2D eigenvalue weighted by molar-refractivity contribution is -0.145. The Hall–Kier alpha value is -0.910. The van der Waals surface area contributed by atoms with Crippen molar-refractivity contribution >= 4 is 5.97 Å². The van der Waals surface area contributed by atoms with Crippen LogP contribution in [-0.4, -0.2) is 73.3 Å². The number of epoxide rings is 1. The monoisotopic (exact) mass is 348 g/mol. The van der Waals surface area contributed by atoms with Gasteiger partial charge in [0.05, 0.1) is 11.5 Å². The summed E-state index contributed by atoms with van der Waals surface area (Å²) >= 11 is 0. The van der Waals surface area contributed by atoms with E-state index in [1.54, 1.807) is 0 Å². The van der Waals surface area contributed by atoms with Crippen LogP contribution in [0.4, 0.5) is 0 Å². The summed E-state index contributed by atoms with van der Waals surface area (Å²) in [4.78, 5) is 17.5. The van der Waals surface area contributed by atoms with Gasteiger partial charge in [-0.15, -0.1) is 0 Å². The van der Waals surface area contributed by atoms with E-state index in [1.165, 1.54) is 5.57 Å². The quantitative estimate of drug-likeness (QED) is 0.434. The standard InChI is InChI=1S/C20H32N2O3/c1-14-5-4-8-20(2)18(25-20)17-15(7-6-14)16(19(23)24-17)13-22-11-9-21(3)10-12-22/h5,15-18H,4,6-13H2,1-3H3. The smallest absolute Gasteiger partial charge is 0.311 e. The Labute approximate surface area is 151 Å². The minimum absolute atomic E-state index is 0.00709. The van der Waals surface area contributed by atoms with Crippen LogP contribution in [0, 0.1) is 11.8 Å². The van der Waals surface area contributed by atoms with Gasteiger partial charge in [-0.05, 0) is 46.6 Å². The number of rotatable bonds is 2. The molecule has 5 unspecified atom stereocenters. The van der Waals surface area contributed by atoms with Crippen LogP contribution in [0.15, 0.2) is 11.6 Å². The third kappa shape index (κ3) is 3.51. The van der Waals surface area contributed by atoms with Crippen molar-refractivity contribution in [2.45, 2.75) is 57.3 Å². The molecular weight excluding hydrogens is 316 g/mol. The van der Waals surface area contributed by atoms with Crippen LogP contribution in [0.5, 0.6) is 0 Å². The molecule has 140 valence electrons. The molecular formula is C20H32N2O3. The topological polar surface area (TPSA) is 45.3 Å². The summed E-state index contributed by atoms with van der Waals surface area (Å²) in [5, 5.41) is 0. The molecule has 5 heteroatoms. The summed E-state index contributed by atoms with van der Waals surface area (Å²) < 4.78 is 12.0. The number of nitrogens with zero attached hydrogens (tertiary/aromatic N) is 2. The van der Waals surface area contributed by atoms with Crippen molar-refractivity contribution in [1.82, 2.24) is 9.80 Å². The molecule has 0 aromatic heterocycles. The molecule has 1 aliphatic carbocycles. The highest BCUT2D eigenvalue weighted by atomic mass is 16.6. The van der Waals surface area contributed by atoms with Crippen LogP contribution in [0.3, 0.4) is 0 Å². The number of esters is 1. The minimum Gasteiger partial charge on any atom is -0.459 e. The van der Waals surface area contributed by atoms with Crippen molar-refractivity contribution in [2.24, 2.45) is 11.8 Å². The van der Waals surface area contributed by atoms with E-state index in [9.17, 15) is 4.79 Å². The first kappa shape index (κ1) is 17.5. The predicted molar refractivity (Wildman–Crippen MR) is 96.3 cm³/mol. The van der Waals surface area contributed by atoms with Crippen LogP contribution < -0.4 is 0 Å². The van der Waals surface area contributed by atoms with Gasteiger partial charge in [0.2, 0.25) is 0 Å². The van der Waals surface area contributed by atoms with E-state index in [4.69, 9.17) is 9.47 Å². The van der Waals surface area contributed by atoms with Gasteiger partial charge in [-0.2, -0.15) is 0 Å². The summed E-state index contributed by atoms with van der Waals surface area (Å²) in [6, 6.07) is 0. The number of likely N-dealkylation sites (N-methyl/N-ethyl adjacent to an activating group) is 1. The van der Waals surface area contributed by atoms with Crippen molar-refractivity contribution in [3.8, 4) is 0 Å². The number of fused-ring (bicyclic) bond motifs is 3. The Morgan fingerprint density at radius 2 is 2.04 bits per heavy atom. The lowest BCUT2D eigenvalue weighted by Crippen LogP contribution is -2.47. The number of hydrogen-bond acceptors (Lipinski definition) is 5. The molecule has 3 saturated heterocycles. The zero-order chi connectivity index (χ0) is 17.6. The Morgan fingerprint density at radius 3 is 2.80 bits per heavy atom. The first-order valence-corrected chi connectivity index (χ1v) is 9.91. The molecule has 3 fully saturated rings. The Morgan fingerprint density at radius 1 is 1.28 bits per heavy atom. The Kier molecular flexibility index (Phi) is 4.67. The maximum atomic E-state index is 12.7. The van der Waals surface area contributed by atoms with Crippen molar-refractivity contribution in [3.05, 3.63) is 11.6 Å². The average molecular weight is 348 g/mol. The van der Waals surface area contributed by atoms with Gasteiger partial charge in [0.1, 0.15) is 12.2 Å². The van der Waals surface area contributed by atoms with Crippen molar-refractivity contribution < 1.29 is 14.3 Å². The van der Waals surface area contributed by atoms with Crippen molar-refractivity contribution in [2.75, 3.05) is 39.8 Å². The molecule has 0 aromatic rings. The molecule has 0 spiro atoms. The highest BCUT2D eigenvalue weighted by Gasteiger charge is 2.62. The van der Waals surface area contributed by atoms with Crippen molar-refractivity contribution in [3.63, 3.8) is 0 Å². The molecule has 4 rings (SSSR count). The fraction of sp³-hybridized carbons (Fsp3) is 0.850. The van der Waals surface area contributed by atoms with E-state index in [0.717, 1.165) is 58.4 Å². The molecule has 25 heavy (non-hydrogen) atoms. The van der Waals surface area contributed by atoms with Gasteiger partial charge < -0.3 is 14.4 Å². The second kappa shape index (κ2) is 6.67. The van der Waals surface area contributed by atoms with Gasteiger partial charge in [0.15, 0.2) is 0 Å². The van der Waals surface area contributed by atoms with E-state index in [0.29, 0.717) is 5.92 Å². The Bertz CT molecular complexity index is 555. The van der Waals surface area contributed by atoms with E-state index in [1.807, 2.05) is 0 Å². The van der Waals surface area contributed by atoms with E-state index in [2.05, 4.69) is 36.8 Å². The number of piperazine rings is 1. The van der Waals surface area contributed by atoms with Crippen LogP contribution in [0.2, 0.25) is 0 Å². The molecule has 0 N–H and O–H groups in total. The molecule has 5 atom stereocenters. The van der Waals surface area contributed by atoms with Gasteiger partial charge in [0.25, 0.3) is 0 Å². The first-order valence-electron chi connectivity index (χ1n) is 9.91. The zero-order valence-corrected chi connectivity index (χ0v) is 15.9. The maximum absolute atomic E-state index is 12.7. The van der Waals surface area contributed by atoms with E-state index >= 15 is 0 Å². The molecule has 4 aliphatic rings. The molecule has 0 saturated carbocycles. The molecule has 5 nitrogen and oxygen atoms in total. The van der Waals surface area contributed by atoms with E-state index in [-0.39, 0.29) is 29.7 Å². The van der Waals surface area contributed by atoms with Gasteiger partial charge in [-0.1, -0.05) is 11.6 Å². The van der Waals surface area contributed by atoms with Gasteiger partial charge in [-0.25, -0.2) is 0 Å². The van der Waals surface area contributed by atoms with E-state index < -0.39 is 0 Å². The second-order valence-corrected chi connectivity index (χ2v) is 8.75. The number of carbonyl (C=O) groups is 1. The summed E-state index contributed by atoms with van der Waals surface area (Å²) in [6.45, 7) is 9.52. The fourth-order valence-corrected chi connectivity index (χ4v) is 4.86. The molecule has 3 heterocycles. The fourth-order valence-electron chi connectivity index (χ4n) is 4.86. The number of hydrogen-bond donors (Lipinski definition) is 0. The highest BCUT2D eigenvalue weighted by Crippen LogP contribution is 2.50. The molecule has 3 aliphatic heterocycles. The zero-order valence-electron chi connectivity index (χ0n) is 15.9. The lowest BCUT2D eigenvalue weighted by atomic mass is 9.80. The first-order chi connectivity index (χ1) is 12.0. The maximum Gasteiger partial charge on any atom is 0.311 e. The number of allylic oxidation sites excluding steroid dienone is 2. The van der Waals surface area contributed by atoms with Crippen LogP contribution >= 0.6 is 0 Å².